The average molecular weight is 414 g/mol. The van der Waals surface area contributed by atoms with Crippen molar-refractivity contribution in [2.24, 2.45) is 0 Å². The Bertz CT molecular complexity index is 648. The number of esters is 1. The van der Waals surface area contributed by atoms with Crippen LogP contribution in [0.15, 0.2) is 45.3 Å². The number of para-hydroxylation sites is 1. The van der Waals surface area contributed by atoms with Crippen molar-refractivity contribution < 1.29 is 14.3 Å². The minimum absolute atomic E-state index is 0.145. The van der Waals surface area contributed by atoms with Crippen molar-refractivity contribution in [2.75, 3.05) is 6.61 Å². The maximum absolute atomic E-state index is 11.9. The van der Waals surface area contributed by atoms with E-state index in [1.165, 1.54) is 0 Å². The van der Waals surface area contributed by atoms with Gasteiger partial charge in [0.25, 0.3) is 0 Å². The van der Waals surface area contributed by atoms with Crippen LogP contribution in [0.4, 0.5) is 0 Å². The number of ether oxygens (including phenoxy) is 2. The second-order valence-corrected chi connectivity index (χ2v) is 6.33. The first-order valence-corrected chi connectivity index (χ1v) is 7.90. The van der Waals surface area contributed by atoms with E-state index in [0.717, 1.165) is 20.1 Å². The molecule has 0 N–H and O–H groups in total. The van der Waals surface area contributed by atoms with Gasteiger partial charge in [-0.15, -0.1) is 0 Å². The van der Waals surface area contributed by atoms with Crippen LogP contribution in [-0.4, -0.2) is 12.6 Å². The molecule has 0 unspecified atom stereocenters. The molecule has 2 aromatic rings. The zero-order chi connectivity index (χ0) is 15.4. The van der Waals surface area contributed by atoms with Crippen LogP contribution in [0.1, 0.15) is 11.1 Å². The maximum atomic E-state index is 11.9. The molecule has 0 atom stereocenters. The van der Waals surface area contributed by atoms with Gasteiger partial charge in [-0.05, 0) is 59.1 Å². The molecule has 0 spiro atoms. The fourth-order valence-corrected chi connectivity index (χ4v) is 2.99. The van der Waals surface area contributed by atoms with Gasteiger partial charge in [-0.3, -0.25) is 0 Å². The third-order valence-corrected chi connectivity index (χ3v) is 3.98. The summed E-state index contributed by atoms with van der Waals surface area (Å²) in [6, 6.07) is 11.2. The second-order valence-electron chi connectivity index (χ2n) is 4.56. The zero-order valence-electron chi connectivity index (χ0n) is 11.7. The lowest BCUT2D eigenvalue weighted by molar-refractivity contribution is -0.136. The number of hydrogen-bond acceptors (Lipinski definition) is 3. The van der Waals surface area contributed by atoms with Crippen molar-refractivity contribution >= 4 is 37.8 Å². The fraction of sp³-hybridized carbons (Fsp3) is 0.188. The molecule has 2 rings (SSSR count). The Hall–Kier alpha value is -1.33. The van der Waals surface area contributed by atoms with Gasteiger partial charge in [0, 0.05) is 4.47 Å². The first-order valence-electron chi connectivity index (χ1n) is 6.32. The summed E-state index contributed by atoms with van der Waals surface area (Å²) in [6.07, 6.45) is 0. The first-order chi connectivity index (χ1) is 9.97. The SMILES string of the molecule is Cc1cccc(C)c1OC(=O)COc1ccc(Br)cc1Br. The van der Waals surface area contributed by atoms with E-state index in [-0.39, 0.29) is 6.61 Å². The van der Waals surface area contributed by atoms with E-state index in [9.17, 15) is 4.79 Å². The van der Waals surface area contributed by atoms with E-state index in [0.29, 0.717) is 11.5 Å². The molecule has 2 aromatic carbocycles. The van der Waals surface area contributed by atoms with Crippen molar-refractivity contribution in [3.63, 3.8) is 0 Å². The van der Waals surface area contributed by atoms with Crippen LogP contribution in [-0.2, 0) is 4.79 Å². The van der Waals surface area contributed by atoms with Crippen LogP contribution < -0.4 is 9.47 Å². The summed E-state index contributed by atoms with van der Waals surface area (Å²) < 4.78 is 12.5. The molecule has 110 valence electrons. The lowest BCUT2D eigenvalue weighted by Crippen LogP contribution is -2.18. The van der Waals surface area contributed by atoms with E-state index in [1.54, 1.807) is 6.07 Å². The summed E-state index contributed by atoms with van der Waals surface area (Å²) >= 11 is 6.74. The van der Waals surface area contributed by atoms with E-state index in [1.807, 2.05) is 44.2 Å². The van der Waals surface area contributed by atoms with Gasteiger partial charge in [0.05, 0.1) is 4.47 Å². The molecule has 5 heteroatoms. The first kappa shape index (κ1) is 16.0. The Morgan fingerprint density at radius 2 is 1.76 bits per heavy atom. The molecule has 0 fully saturated rings. The summed E-state index contributed by atoms with van der Waals surface area (Å²) in [5.41, 5.74) is 1.85. The fourth-order valence-electron chi connectivity index (χ4n) is 1.83. The number of hydrogen-bond donors (Lipinski definition) is 0. The Morgan fingerprint density at radius 3 is 2.38 bits per heavy atom. The highest BCUT2D eigenvalue weighted by Crippen LogP contribution is 2.28. The summed E-state index contributed by atoms with van der Waals surface area (Å²) in [6.45, 7) is 3.66. The van der Waals surface area contributed by atoms with Gasteiger partial charge in [-0.2, -0.15) is 0 Å². The standard InChI is InChI=1S/C16H14Br2O3/c1-10-4-3-5-11(2)16(10)21-15(19)9-20-14-7-6-12(17)8-13(14)18/h3-8H,9H2,1-2H3. The molecule has 0 saturated heterocycles. The second kappa shape index (κ2) is 7.09. The molecule has 0 aliphatic rings. The minimum atomic E-state index is -0.429. The van der Waals surface area contributed by atoms with Crippen LogP contribution >= 0.6 is 31.9 Å². The van der Waals surface area contributed by atoms with E-state index in [2.05, 4.69) is 31.9 Å². The lowest BCUT2D eigenvalue weighted by Gasteiger charge is -2.11. The molecular formula is C16H14Br2O3. The minimum Gasteiger partial charge on any atom is -0.481 e. The molecule has 0 aliphatic carbocycles. The highest BCUT2D eigenvalue weighted by atomic mass is 79.9. The molecule has 21 heavy (non-hydrogen) atoms. The Kier molecular flexibility index (Phi) is 5.42. The van der Waals surface area contributed by atoms with Crippen LogP contribution in [0, 0.1) is 13.8 Å². The highest BCUT2D eigenvalue weighted by molar-refractivity contribution is 9.11. The highest BCUT2D eigenvalue weighted by Gasteiger charge is 2.11. The van der Waals surface area contributed by atoms with Crippen molar-refractivity contribution in [2.45, 2.75) is 13.8 Å². The van der Waals surface area contributed by atoms with Gasteiger partial charge in [0.2, 0.25) is 0 Å². The molecule has 0 amide bonds. The molecule has 0 aromatic heterocycles. The smallest absolute Gasteiger partial charge is 0.349 e. The van der Waals surface area contributed by atoms with Crippen LogP contribution in [0.3, 0.4) is 0 Å². The summed E-state index contributed by atoms with van der Waals surface area (Å²) in [4.78, 5) is 11.9. The molecule has 0 heterocycles. The molecular weight excluding hydrogens is 400 g/mol. The Morgan fingerprint density at radius 1 is 1.10 bits per heavy atom. The molecule has 0 bridgehead atoms. The number of rotatable bonds is 4. The molecule has 0 aliphatic heterocycles. The predicted octanol–water partition coefficient (Wildman–Crippen LogP) is 4.81. The van der Waals surface area contributed by atoms with Crippen molar-refractivity contribution in [1.82, 2.24) is 0 Å². The number of carbonyl (C=O) groups is 1. The number of halogens is 2. The largest absolute Gasteiger partial charge is 0.481 e. The van der Waals surface area contributed by atoms with Gasteiger partial charge < -0.3 is 9.47 Å². The predicted molar refractivity (Wildman–Crippen MR) is 88.9 cm³/mol. The summed E-state index contributed by atoms with van der Waals surface area (Å²) in [7, 11) is 0. The average Bonchev–Trinajstić information content (AvgIpc) is 2.42. The van der Waals surface area contributed by atoms with E-state index < -0.39 is 5.97 Å². The zero-order valence-corrected chi connectivity index (χ0v) is 14.8. The summed E-state index contributed by atoms with van der Waals surface area (Å²) in [5.74, 6) is 0.764. The number of benzene rings is 2. The van der Waals surface area contributed by atoms with Gasteiger partial charge in [-0.25, -0.2) is 4.79 Å². The van der Waals surface area contributed by atoms with Crippen molar-refractivity contribution in [3.8, 4) is 11.5 Å². The third-order valence-electron chi connectivity index (χ3n) is 2.86. The number of carbonyl (C=O) groups excluding carboxylic acids is 1. The van der Waals surface area contributed by atoms with Crippen molar-refractivity contribution in [1.29, 1.82) is 0 Å². The number of aryl methyl sites for hydroxylation is 2. The topological polar surface area (TPSA) is 35.5 Å². The van der Waals surface area contributed by atoms with Gasteiger partial charge in [0.1, 0.15) is 11.5 Å². The molecule has 0 radical (unpaired) electrons. The lowest BCUT2D eigenvalue weighted by atomic mass is 10.1. The van der Waals surface area contributed by atoms with Crippen LogP contribution in [0.25, 0.3) is 0 Å². The van der Waals surface area contributed by atoms with E-state index in [4.69, 9.17) is 9.47 Å². The molecule has 3 nitrogen and oxygen atoms in total. The van der Waals surface area contributed by atoms with Crippen LogP contribution in [0.5, 0.6) is 11.5 Å². The van der Waals surface area contributed by atoms with Gasteiger partial charge >= 0.3 is 5.97 Å². The quantitative estimate of drug-likeness (QED) is 0.532. The summed E-state index contributed by atoms with van der Waals surface area (Å²) in [5, 5.41) is 0. The normalized spacial score (nSPS) is 10.3. The Labute approximate surface area is 140 Å². The Balaban J connectivity index is 1.99. The van der Waals surface area contributed by atoms with Gasteiger partial charge in [0.15, 0.2) is 6.61 Å². The maximum Gasteiger partial charge on any atom is 0.349 e. The molecule has 0 saturated carbocycles. The third kappa shape index (κ3) is 4.32. The monoisotopic (exact) mass is 412 g/mol. The van der Waals surface area contributed by atoms with E-state index >= 15 is 0 Å². The van der Waals surface area contributed by atoms with Crippen LogP contribution in [0.2, 0.25) is 0 Å². The van der Waals surface area contributed by atoms with Crippen molar-refractivity contribution in [3.05, 3.63) is 56.5 Å². The van der Waals surface area contributed by atoms with Gasteiger partial charge in [-0.1, -0.05) is 34.1 Å².